The Kier molecular flexibility index (Phi) is 8.11. The monoisotopic (exact) mass is 615 g/mol. The van der Waals surface area contributed by atoms with Gasteiger partial charge in [-0.05, 0) is 72.9 Å². The molecule has 0 aliphatic heterocycles. The molecule has 1 N–H and O–H groups in total. The molecule has 0 aliphatic rings. The van der Waals surface area contributed by atoms with Crippen LogP contribution in [0, 0.1) is 11.2 Å². The summed E-state index contributed by atoms with van der Waals surface area (Å²) in [6.07, 6.45) is 1.58. The van der Waals surface area contributed by atoms with Gasteiger partial charge in [0.05, 0.1) is 28.5 Å². The number of aromatic nitrogens is 3. The third kappa shape index (κ3) is 6.36. The quantitative estimate of drug-likeness (QED) is 0.176. The molecule has 0 unspecified atom stereocenters. The number of hydrogen-bond donors (Lipinski definition) is 1. The summed E-state index contributed by atoms with van der Waals surface area (Å²) in [5.41, 5.74) is 6.29. The first-order valence-corrected chi connectivity index (χ1v) is 15.5. The van der Waals surface area contributed by atoms with Gasteiger partial charge in [0.2, 0.25) is 0 Å². The number of rotatable bonds is 9. The van der Waals surface area contributed by atoms with Gasteiger partial charge in [0.1, 0.15) is 18.2 Å². The van der Waals surface area contributed by atoms with E-state index in [-0.39, 0.29) is 11.2 Å². The number of carboxylic acids is 1. The van der Waals surface area contributed by atoms with Crippen LogP contribution in [0.2, 0.25) is 0 Å². The predicted molar refractivity (Wildman–Crippen MR) is 181 cm³/mol. The zero-order chi connectivity index (χ0) is 32.6. The fourth-order valence-electron chi connectivity index (χ4n) is 6.03. The van der Waals surface area contributed by atoms with Gasteiger partial charge in [-0.1, -0.05) is 69.3 Å². The Balaban J connectivity index is 1.39. The smallest absolute Gasteiger partial charge is 0.309 e. The van der Waals surface area contributed by atoms with E-state index in [2.05, 4.69) is 48.5 Å². The van der Waals surface area contributed by atoms with Gasteiger partial charge in [0.25, 0.3) is 0 Å². The third-order valence-electron chi connectivity index (χ3n) is 8.44. The lowest BCUT2D eigenvalue weighted by Crippen LogP contribution is -2.29. The first-order valence-electron chi connectivity index (χ1n) is 15.5. The maximum atomic E-state index is 13.4. The lowest BCUT2D eigenvalue weighted by Gasteiger charge is -2.26. The first kappa shape index (κ1) is 31.0. The van der Waals surface area contributed by atoms with E-state index in [0.717, 1.165) is 55.6 Å². The fraction of sp³-hybridized carbons (Fsp3) is 0.256. The number of para-hydroxylation sites is 1. The van der Waals surface area contributed by atoms with E-state index in [1.807, 2.05) is 60.7 Å². The molecule has 0 atom stereocenters. The molecule has 0 bridgehead atoms. The highest BCUT2D eigenvalue weighted by atomic mass is 19.1. The predicted octanol–water partition coefficient (Wildman–Crippen LogP) is 8.97. The lowest BCUT2D eigenvalue weighted by molar-refractivity contribution is -0.146. The van der Waals surface area contributed by atoms with Crippen LogP contribution in [-0.4, -0.2) is 25.6 Å². The number of benzene rings is 3. The highest BCUT2D eigenvalue weighted by Crippen LogP contribution is 2.40. The zero-order valence-corrected chi connectivity index (χ0v) is 26.8. The molecular formula is C39H38FN3O3. The molecule has 0 saturated carbocycles. The molecule has 0 fully saturated rings. The standard InChI is InChI=1S/C39H38FN3O3/c1-38(2,3)36-31-20-30(46-24-29-16-14-26-8-6-7-9-33(26)42-29)17-19-34(31)43(35(36)21-39(4,5)37(44)45)23-25-10-12-27(13-11-25)32-18-15-28(40)22-41-32/h6-20,22H,21,23-24H2,1-5H3,(H,44,45). The van der Waals surface area contributed by atoms with Crippen molar-refractivity contribution in [3.63, 3.8) is 0 Å². The van der Waals surface area contributed by atoms with Crippen LogP contribution < -0.4 is 4.74 Å². The highest BCUT2D eigenvalue weighted by Gasteiger charge is 2.34. The molecule has 6 rings (SSSR count). The molecule has 0 radical (unpaired) electrons. The van der Waals surface area contributed by atoms with E-state index in [1.165, 1.54) is 12.3 Å². The van der Waals surface area contributed by atoms with Gasteiger partial charge < -0.3 is 14.4 Å². The molecule has 0 saturated heterocycles. The van der Waals surface area contributed by atoms with Gasteiger partial charge in [0, 0.05) is 40.5 Å². The van der Waals surface area contributed by atoms with Crippen LogP contribution in [0.1, 0.15) is 57.1 Å². The molecule has 0 aliphatic carbocycles. The Morgan fingerprint density at radius 2 is 1.67 bits per heavy atom. The van der Waals surface area contributed by atoms with Crippen molar-refractivity contribution in [2.75, 3.05) is 0 Å². The highest BCUT2D eigenvalue weighted by molar-refractivity contribution is 5.89. The summed E-state index contributed by atoms with van der Waals surface area (Å²) in [5.74, 6) is -0.484. The van der Waals surface area contributed by atoms with E-state index in [4.69, 9.17) is 9.72 Å². The molecule has 6 aromatic rings. The third-order valence-corrected chi connectivity index (χ3v) is 8.44. The van der Waals surface area contributed by atoms with Crippen molar-refractivity contribution >= 4 is 27.8 Å². The van der Waals surface area contributed by atoms with E-state index < -0.39 is 11.4 Å². The molecule has 46 heavy (non-hydrogen) atoms. The lowest BCUT2D eigenvalue weighted by atomic mass is 9.80. The number of hydrogen-bond acceptors (Lipinski definition) is 4. The summed E-state index contributed by atoms with van der Waals surface area (Å²) in [7, 11) is 0. The zero-order valence-electron chi connectivity index (χ0n) is 26.8. The van der Waals surface area contributed by atoms with Crippen molar-refractivity contribution in [1.29, 1.82) is 0 Å². The van der Waals surface area contributed by atoms with Crippen LogP contribution in [0.3, 0.4) is 0 Å². The largest absolute Gasteiger partial charge is 0.487 e. The Morgan fingerprint density at radius 1 is 0.913 bits per heavy atom. The van der Waals surface area contributed by atoms with Crippen molar-refractivity contribution in [3.8, 4) is 17.0 Å². The SMILES string of the molecule is CC(C)(Cc1c(C(C)(C)C)c2cc(OCc3ccc4ccccc4n3)ccc2n1Cc1ccc(-c2ccc(F)cn2)cc1)C(=O)O. The van der Waals surface area contributed by atoms with Crippen molar-refractivity contribution < 1.29 is 19.0 Å². The number of carbonyl (C=O) groups is 1. The van der Waals surface area contributed by atoms with Crippen LogP contribution in [0.25, 0.3) is 33.1 Å². The van der Waals surface area contributed by atoms with Gasteiger partial charge in [-0.25, -0.2) is 9.37 Å². The van der Waals surface area contributed by atoms with E-state index in [1.54, 1.807) is 19.9 Å². The van der Waals surface area contributed by atoms with E-state index >= 15 is 0 Å². The van der Waals surface area contributed by atoms with E-state index in [9.17, 15) is 14.3 Å². The molecule has 3 aromatic carbocycles. The Labute approximate surface area is 268 Å². The number of ether oxygens (including phenoxy) is 1. The average Bonchev–Trinajstić information content (AvgIpc) is 3.32. The van der Waals surface area contributed by atoms with Crippen molar-refractivity contribution in [2.45, 2.75) is 59.6 Å². The number of nitrogens with zero attached hydrogens (tertiary/aromatic N) is 3. The van der Waals surface area contributed by atoms with Gasteiger partial charge in [-0.15, -0.1) is 0 Å². The first-order chi connectivity index (χ1) is 21.9. The topological polar surface area (TPSA) is 77.2 Å². The van der Waals surface area contributed by atoms with Crippen molar-refractivity contribution in [1.82, 2.24) is 14.5 Å². The minimum atomic E-state index is -0.981. The van der Waals surface area contributed by atoms with Gasteiger partial charge >= 0.3 is 5.97 Å². The van der Waals surface area contributed by atoms with Crippen LogP contribution in [-0.2, 0) is 29.8 Å². The van der Waals surface area contributed by atoms with E-state index in [0.29, 0.717) is 25.3 Å². The maximum Gasteiger partial charge on any atom is 0.309 e. The molecule has 0 amide bonds. The Morgan fingerprint density at radius 3 is 2.37 bits per heavy atom. The fourth-order valence-corrected chi connectivity index (χ4v) is 6.03. The van der Waals surface area contributed by atoms with Gasteiger partial charge in [-0.2, -0.15) is 0 Å². The number of halogens is 1. The van der Waals surface area contributed by atoms with Crippen LogP contribution >= 0.6 is 0 Å². The number of aliphatic carboxylic acids is 1. The number of fused-ring (bicyclic) bond motifs is 2. The second kappa shape index (κ2) is 12.0. The average molecular weight is 616 g/mol. The van der Waals surface area contributed by atoms with Crippen molar-refractivity contribution in [2.24, 2.45) is 5.41 Å². The second-order valence-electron chi connectivity index (χ2n) is 13.5. The molecule has 3 aromatic heterocycles. The molecule has 6 nitrogen and oxygen atoms in total. The van der Waals surface area contributed by atoms with Crippen LogP contribution in [0.5, 0.6) is 5.75 Å². The summed E-state index contributed by atoms with van der Waals surface area (Å²) in [4.78, 5) is 21.3. The van der Waals surface area contributed by atoms with Crippen molar-refractivity contribution in [3.05, 3.63) is 126 Å². The number of carboxylic acid groups (broad SMARTS) is 1. The molecule has 234 valence electrons. The summed E-state index contributed by atoms with van der Waals surface area (Å²) < 4.78 is 22.0. The molecular weight excluding hydrogens is 577 g/mol. The molecule has 7 heteroatoms. The maximum absolute atomic E-state index is 13.4. The Hall–Kier alpha value is -5.04. The minimum absolute atomic E-state index is 0.274. The van der Waals surface area contributed by atoms with Gasteiger partial charge in [0.15, 0.2) is 0 Å². The summed E-state index contributed by atoms with van der Waals surface area (Å²) in [6.45, 7) is 10.9. The van der Waals surface area contributed by atoms with Crippen LogP contribution in [0.15, 0.2) is 97.2 Å². The Bertz CT molecular complexity index is 2040. The van der Waals surface area contributed by atoms with Gasteiger partial charge in [-0.3, -0.25) is 9.78 Å². The molecule has 3 heterocycles. The normalized spacial score (nSPS) is 12.1. The molecule has 0 spiro atoms. The van der Waals surface area contributed by atoms with Crippen LogP contribution in [0.4, 0.5) is 4.39 Å². The summed E-state index contributed by atoms with van der Waals surface area (Å²) in [6, 6.07) is 29.3. The minimum Gasteiger partial charge on any atom is -0.487 e. The summed E-state index contributed by atoms with van der Waals surface area (Å²) >= 11 is 0. The second-order valence-corrected chi connectivity index (χ2v) is 13.5. The summed E-state index contributed by atoms with van der Waals surface area (Å²) in [5, 5.41) is 12.3. The number of pyridine rings is 2.